The predicted molar refractivity (Wildman–Crippen MR) is 35.6 cm³/mol. The van der Waals surface area contributed by atoms with Crippen LogP contribution in [0.15, 0.2) is 0 Å². The number of hydrogen-bond acceptors (Lipinski definition) is 3. The van der Waals surface area contributed by atoms with Crippen LogP contribution in [0, 0.1) is 0 Å². The van der Waals surface area contributed by atoms with E-state index in [1.54, 1.807) is 6.92 Å². The molecular weight excluding hydrogens is 132 g/mol. The second-order valence-corrected chi connectivity index (χ2v) is 2.33. The largest absolute Gasteiger partial charge is 0.352 e. The van der Waals surface area contributed by atoms with Crippen molar-refractivity contribution in [2.24, 2.45) is 0 Å². The lowest BCUT2D eigenvalue weighted by atomic mass is 10.2. The van der Waals surface area contributed by atoms with Gasteiger partial charge in [0.15, 0.2) is 12.1 Å². The molecule has 1 aliphatic heterocycles. The van der Waals surface area contributed by atoms with Crippen molar-refractivity contribution in [3.8, 4) is 0 Å². The summed E-state index contributed by atoms with van der Waals surface area (Å²) < 4.78 is 10.2. The zero-order valence-corrected chi connectivity index (χ0v) is 6.29. The maximum absolute atomic E-state index is 10.9. The van der Waals surface area contributed by atoms with Gasteiger partial charge in [-0.3, -0.25) is 4.79 Å². The first-order valence-electron chi connectivity index (χ1n) is 3.53. The quantitative estimate of drug-likeness (QED) is 0.573. The topological polar surface area (TPSA) is 35.5 Å². The minimum absolute atomic E-state index is 0.137. The zero-order valence-electron chi connectivity index (χ0n) is 6.29. The summed E-state index contributed by atoms with van der Waals surface area (Å²) in [4.78, 5) is 10.9. The minimum Gasteiger partial charge on any atom is -0.352 e. The molecule has 0 aromatic rings. The monoisotopic (exact) mass is 144 g/mol. The van der Waals surface area contributed by atoms with Crippen LogP contribution in [0.4, 0.5) is 0 Å². The molecule has 0 saturated carbocycles. The van der Waals surface area contributed by atoms with E-state index in [0.717, 1.165) is 0 Å². The lowest BCUT2D eigenvalue weighted by Gasteiger charge is -2.08. The molecule has 1 fully saturated rings. The molecule has 2 unspecified atom stereocenters. The molecule has 0 bridgehead atoms. The summed E-state index contributed by atoms with van der Waals surface area (Å²) in [7, 11) is 0. The molecule has 0 amide bonds. The summed E-state index contributed by atoms with van der Waals surface area (Å²) in [6.07, 6.45) is -0.140. The van der Waals surface area contributed by atoms with Crippen molar-refractivity contribution >= 4 is 5.78 Å². The summed E-state index contributed by atoms with van der Waals surface area (Å²) in [5.74, 6) is 0.137. The molecule has 2 atom stereocenters. The van der Waals surface area contributed by atoms with Crippen LogP contribution in [0.2, 0.25) is 0 Å². The van der Waals surface area contributed by atoms with Crippen molar-refractivity contribution in [1.82, 2.24) is 0 Å². The van der Waals surface area contributed by atoms with Crippen LogP contribution in [0.3, 0.4) is 0 Å². The number of ketones is 1. The molecule has 0 aromatic carbocycles. The molecule has 1 saturated heterocycles. The van der Waals surface area contributed by atoms with E-state index in [2.05, 4.69) is 0 Å². The highest BCUT2D eigenvalue weighted by molar-refractivity contribution is 5.84. The number of carbonyl (C=O) groups excluding carboxylic acids is 1. The van der Waals surface area contributed by atoms with Crippen molar-refractivity contribution in [3.63, 3.8) is 0 Å². The van der Waals surface area contributed by atoms with Crippen LogP contribution >= 0.6 is 0 Å². The van der Waals surface area contributed by atoms with Crippen LogP contribution in [-0.4, -0.2) is 24.8 Å². The van der Waals surface area contributed by atoms with E-state index in [9.17, 15) is 4.79 Å². The van der Waals surface area contributed by atoms with Crippen molar-refractivity contribution in [3.05, 3.63) is 0 Å². The van der Waals surface area contributed by atoms with E-state index in [4.69, 9.17) is 9.47 Å². The van der Waals surface area contributed by atoms with Gasteiger partial charge in [-0.1, -0.05) is 0 Å². The third kappa shape index (κ3) is 1.55. The number of carbonyl (C=O) groups is 1. The second-order valence-electron chi connectivity index (χ2n) is 2.33. The Balaban J connectivity index is 2.34. The Bertz CT molecular complexity index is 133. The number of ether oxygens (including phenoxy) is 2. The average Bonchev–Trinajstić information content (AvgIpc) is 2.14. The Hall–Kier alpha value is -0.410. The molecule has 3 heteroatoms. The molecular formula is C7H12O3. The number of Topliss-reactive ketones (excluding diaryl/α,β-unsaturated/α-hetero) is 1. The van der Waals surface area contributed by atoms with Gasteiger partial charge in [0, 0.05) is 6.61 Å². The Labute approximate surface area is 60.3 Å². The molecule has 10 heavy (non-hydrogen) atoms. The third-order valence-corrected chi connectivity index (χ3v) is 1.53. The number of hydrogen-bond donors (Lipinski definition) is 0. The molecule has 0 spiro atoms. The summed E-state index contributed by atoms with van der Waals surface area (Å²) in [5, 5.41) is 0. The van der Waals surface area contributed by atoms with Gasteiger partial charge < -0.3 is 9.47 Å². The predicted octanol–water partition coefficient (Wildman–Crippen LogP) is 0.727. The highest BCUT2D eigenvalue weighted by Gasteiger charge is 2.29. The summed E-state index contributed by atoms with van der Waals surface area (Å²) >= 11 is 0. The fraction of sp³-hybridized carbons (Fsp3) is 0.857. The first-order valence-corrected chi connectivity index (χ1v) is 3.53. The molecule has 0 N–H and O–H groups in total. The third-order valence-electron chi connectivity index (χ3n) is 1.53. The van der Waals surface area contributed by atoms with Crippen LogP contribution < -0.4 is 0 Å². The minimum atomic E-state index is -0.285. The SMILES string of the molecule is CCOC1CC(=O)C(C)O1. The van der Waals surface area contributed by atoms with Gasteiger partial charge in [-0.2, -0.15) is 0 Å². The fourth-order valence-corrected chi connectivity index (χ4v) is 0.966. The summed E-state index contributed by atoms with van der Waals surface area (Å²) in [6, 6.07) is 0. The van der Waals surface area contributed by atoms with Crippen LogP contribution in [-0.2, 0) is 14.3 Å². The normalized spacial score (nSPS) is 33.2. The molecule has 0 aromatic heterocycles. The Morgan fingerprint density at radius 3 is 2.90 bits per heavy atom. The van der Waals surface area contributed by atoms with Crippen LogP contribution in [0.25, 0.3) is 0 Å². The Kier molecular flexibility index (Phi) is 2.40. The molecule has 1 rings (SSSR count). The highest BCUT2D eigenvalue weighted by Crippen LogP contribution is 2.16. The summed E-state index contributed by atoms with van der Waals surface area (Å²) in [6.45, 7) is 4.24. The van der Waals surface area contributed by atoms with E-state index < -0.39 is 0 Å². The van der Waals surface area contributed by atoms with Gasteiger partial charge in [0.2, 0.25) is 0 Å². The first-order chi connectivity index (χ1) is 4.74. The van der Waals surface area contributed by atoms with Gasteiger partial charge in [0.05, 0.1) is 6.42 Å². The standard InChI is InChI=1S/C7H12O3/c1-3-9-7-4-6(8)5(2)10-7/h5,7H,3-4H2,1-2H3. The van der Waals surface area contributed by atoms with Gasteiger partial charge in [0.1, 0.15) is 6.10 Å². The van der Waals surface area contributed by atoms with Crippen molar-refractivity contribution < 1.29 is 14.3 Å². The lowest BCUT2D eigenvalue weighted by Crippen LogP contribution is -2.12. The van der Waals surface area contributed by atoms with E-state index >= 15 is 0 Å². The fourth-order valence-electron chi connectivity index (χ4n) is 0.966. The molecule has 3 nitrogen and oxygen atoms in total. The lowest BCUT2D eigenvalue weighted by molar-refractivity contribution is -0.132. The van der Waals surface area contributed by atoms with Crippen molar-refractivity contribution in [1.29, 1.82) is 0 Å². The smallest absolute Gasteiger partial charge is 0.166 e. The van der Waals surface area contributed by atoms with E-state index in [0.29, 0.717) is 13.0 Å². The van der Waals surface area contributed by atoms with E-state index in [-0.39, 0.29) is 18.2 Å². The molecule has 0 aliphatic carbocycles. The maximum atomic E-state index is 10.9. The second kappa shape index (κ2) is 3.12. The Morgan fingerprint density at radius 1 is 1.80 bits per heavy atom. The van der Waals surface area contributed by atoms with Gasteiger partial charge in [-0.25, -0.2) is 0 Å². The average molecular weight is 144 g/mol. The maximum Gasteiger partial charge on any atom is 0.166 e. The van der Waals surface area contributed by atoms with E-state index in [1.807, 2.05) is 6.92 Å². The van der Waals surface area contributed by atoms with E-state index in [1.165, 1.54) is 0 Å². The molecule has 0 radical (unpaired) electrons. The zero-order chi connectivity index (χ0) is 7.56. The van der Waals surface area contributed by atoms with Gasteiger partial charge in [-0.05, 0) is 13.8 Å². The van der Waals surface area contributed by atoms with Gasteiger partial charge in [0.25, 0.3) is 0 Å². The van der Waals surface area contributed by atoms with Gasteiger partial charge in [-0.15, -0.1) is 0 Å². The van der Waals surface area contributed by atoms with Crippen LogP contribution in [0.1, 0.15) is 20.3 Å². The first kappa shape index (κ1) is 7.69. The van der Waals surface area contributed by atoms with Crippen molar-refractivity contribution in [2.75, 3.05) is 6.61 Å². The van der Waals surface area contributed by atoms with Gasteiger partial charge >= 0.3 is 0 Å². The summed E-state index contributed by atoms with van der Waals surface area (Å²) in [5.41, 5.74) is 0. The van der Waals surface area contributed by atoms with Crippen molar-refractivity contribution in [2.45, 2.75) is 32.7 Å². The Morgan fingerprint density at radius 2 is 2.50 bits per heavy atom. The molecule has 1 heterocycles. The molecule has 1 aliphatic rings. The highest BCUT2D eigenvalue weighted by atomic mass is 16.7. The van der Waals surface area contributed by atoms with Crippen LogP contribution in [0.5, 0.6) is 0 Å². The molecule has 58 valence electrons. The number of rotatable bonds is 2.